The Labute approximate surface area is 212 Å². The second-order valence-corrected chi connectivity index (χ2v) is 7.40. The molecule has 9 nitrogen and oxygen atoms in total. The van der Waals surface area contributed by atoms with E-state index in [4.69, 9.17) is 24.4 Å². The Morgan fingerprint density at radius 2 is 1.24 bits per heavy atom. The van der Waals surface area contributed by atoms with E-state index < -0.39 is 23.9 Å². The monoisotopic (exact) mass is 499 g/mol. The normalized spacial score (nSPS) is 9.97. The van der Waals surface area contributed by atoms with Crippen molar-refractivity contribution in [3.05, 3.63) is 108 Å². The molecule has 0 spiro atoms. The first kappa shape index (κ1) is 26.3. The van der Waals surface area contributed by atoms with Crippen molar-refractivity contribution in [2.24, 2.45) is 0 Å². The minimum Gasteiger partial charge on any atom is -0.423 e. The Kier molecular flexibility index (Phi) is 8.45. The van der Waals surface area contributed by atoms with Crippen LogP contribution in [0.25, 0.3) is 0 Å². The zero-order chi connectivity index (χ0) is 26.9. The molecule has 0 aliphatic carbocycles. The molecule has 0 saturated carbocycles. The maximum Gasteiger partial charge on any atom is 0.343 e. The van der Waals surface area contributed by atoms with Gasteiger partial charge >= 0.3 is 23.9 Å². The molecule has 0 aliphatic rings. The van der Waals surface area contributed by atoms with E-state index in [9.17, 15) is 19.2 Å². The van der Waals surface area contributed by atoms with E-state index in [0.29, 0.717) is 5.56 Å². The van der Waals surface area contributed by atoms with Gasteiger partial charge in [0.05, 0.1) is 11.1 Å². The van der Waals surface area contributed by atoms with E-state index >= 15 is 0 Å². The number of carbonyl (C=O) groups excluding carboxylic acids is 4. The lowest BCUT2D eigenvalue weighted by molar-refractivity contribution is -0.131. The van der Waals surface area contributed by atoms with Crippen LogP contribution >= 0.6 is 0 Å². The smallest absolute Gasteiger partial charge is 0.343 e. The molecule has 0 unspecified atom stereocenters. The predicted octanol–water partition coefficient (Wildman–Crippen LogP) is 4.61. The Balaban J connectivity index is 1.81. The fourth-order valence-electron chi connectivity index (χ4n) is 2.91. The summed E-state index contributed by atoms with van der Waals surface area (Å²) in [5.41, 5.74) is 1.47. The Morgan fingerprint density at radius 3 is 1.86 bits per heavy atom. The maximum atomic E-state index is 12.8. The lowest BCUT2D eigenvalue weighted by Gasteiger charge is -2.12. The number of nitrogens with one attached hydrogen (secondary N) is 1. The SMILES string of the molecule is C=CC(=O)Oc1ccc(C(=O)Oc2ccc(OC(=O)c3ccc(C)cc3)cc2C=N)cc1OC(=O)C=C. The Bertz CT molecular complexity index is 1410. The summed E-state index contributed by atoms with van der Waals surface area (Å²) in [5, 5.41) is 7.66. The number of carbonyl (C=O) groups is 4. The van der Waals surface area contributed by atoms with Gasteiger partial charge in [0.25, 0.3) is 0 Å². The number of hydrogen-bond donors (Lipinski definition) is 1. The minimum atomic E-state index is -0.856. The van der Waals surface area contributed by atoms with Crippen LogP contribution in [0.1, 0.15) is 31.8 Å². The van der Waals surface area contributed by atoms with Crippen molar-refractivity contribution in [3.8, 4) is 23.0 Å². The molecule has 0 fully saturated rings. The van der Waals surface area contributed by atoms with E-state index in [1.807, 2.05) is 6.92 Å². The van der Waals surface area contributed by atoms with E-state index in [1.54, 1.807) is 24.3 Å². The molecule has 0 saturated heterocycles. The zero-order valence-electron chi connectivity index (χ0n) is 19.7. The quantitative estimate of drug-likeness (QED) is 0.196. The highest BCUT2D eigenvalue weighted by molar-refractivity contribution is 5.95. The summed E-state index contributed by atoms with van der Waals surface area (Å²) in [4.78, 5) is 48.4. The first-order valence-electron chi connectivity index (χ1n) is 10.7. The third-order valence-corrected chi connectivity index (χ3v) is 4.77. The summed E-state index contributed by atoms with van der Waals surface area (Å²) in [6.07, 6.45) is 2.75. The molecule has 9 heteroatoms. The molecule has 0 amide bonds. The van der Waals surface area contributed by atoms with Gasteiger partial charge in [-0.3, -0.25) is 0 Å². The molecule has 1 N–H and O–H groups in total. The van der Waals surface area contributed by atoms with Crippen LogP contribution in [0, 0.1) is 12.3 Å². The van der Waals surface area contributed by atoms with Crippen LogP contribution < -0.4 is 18.9 Å². The molecule has 0 radical (unpaired) electrons. The molecular formula is C28H21NO8. The van der Waals surface area contributed by atoms with Gasteiger partial charge in [-0.15, -0.1) is 0 Å². The van der Waals surface area contributed by atoms with Gasteiger partial charge < -0.3 is 24.4 Å². The van der Waals surface area contributed by atoms with Crippen LogP contribution in [-0.2, 0) is 9.59 Å². The molecule has 0 aromatic heterocycles. The van der Waals surface area contributed by atoms with Gasteiger partial charge in [0.15, 0.2) is 11.5 Å². The van der Waals surface area contributed by atoms with Gasteiger partial charge in [-0.25, -0.2) is 19.2 Å². The summed E-state index contributed by atoms with van der Waals surface area (Å²) >= 11 is 0. The fourth-order valence-corrected chi connectivity index (χ4v) is 2.91. The fraction of sp³-hybridized carbons (Fsp3) is 0.0357. The largest absolute Gasteiger partial charge is 0.423 e. The van der Waals surface area contributed by atoms with Crippen LogP contribution in [-0.4, -0.2) is 30.1 Å². The van der Waals surface area contributed by atoms with Crippen LogP contribution in [0.5, 0.6) is 23.0 Å². The summed E-state index contributed by atoms with van der Waals surface area (Å²) < 4.78 is 20.8. The number of esters is 4. The topological polar surface area (TPSA) is 129 Å². The van der Waals surface area contributed by atoms with Crippen molar-refractivity contribution in [1.29, 1.82) is 5.41 Å². The Morgan fingerprint density at radius 1 is 0.676 bits per heavy atom. The molecule has 3 aromatic rings. The average molecular weight is 499 g/mol. The van der Waals surface area contributed by atoms with Crippen LogP contribution in [0.2, 0.25) is 0 Å². The van der Waals surface area contributed by atoms with Crippen molar-refractivity contribution in [3.63, 3.8) is 0 Å². The summed E-state index contributed by atoms with van der Waals surface area (Å²) in [7, 11) is 0. The number of rotatable bonds is 9. The molecule has 0 atom stereocenters. The predicted molar refractivity (Wildman–Crippen MR) is 134 cm³/mol. The van der Waals surface area contributed by atoms with Crippen molar-refractivity contribution in [1.82, 2.24) is 0 Å². The molecule has 186 valence electrons. The third-order valence-electron chi connectivity index (χ3n) is 4.77. The van der Waals surface area contributed by atoms with E-state index in [-0.39, 0.29) is 34.1 Å². The molecule has 0 aliphatic heterocycles. The van der Waals surface area contributed by atoms with Gasteiger partial charge in [-0.2, -0.15) is 0 Å². The zero-order valence-corrected chi connectivity index (χ0v) is 19.7. The lowest BCUT2D eigenvalue weighted by Crippen LogP contribution is -2.13. The standard InChI is InChI=1S/C28H21NO8/c1-4-25(30)35-23-12-10-19(15-24(23)36-26(31)5-2)28(33)37-22-13-11-21(14-20(22)16-29)34-27(32)18-8-6-17(3)7-9-18/h4-16,29H,1-2H2,3H3. The third kappa shape index (κ3) is 6.86. The van der Waals surface area contributed by atoms with Gasteiger partial charge in [0.1, 0.15) is 11.5 Å². The van der Waals surface area contributed by atoms with Gasteiger partial charge in [-0.05, 0) is 55.5 Å². The van der Waals surface area contributed by atoms with Gasteiger partial charge in [-0.1, -0.05) is 30.9 Å². The number of hydrogen-bond acceptors (Lipinski definition) is 9. The Hall–Kier alpha value is -5.31. The highest BCUT2D eigenvalue weighted by Crippen LogP contribution is 2.30. The molecule has 0 heterocycles. The molecule has 37 heavy (non-hydrogen) atoms. The molecule has 3 aromatic carbocycles. The van der Waals surface area contributed by atoms with Crippen molar-refractivity contribution < 1.29 is 38.1 Å². The summed E-state index contributed by atoms with van der Waals surface area (Å²) in [6, 6.07) is 14.7. The van der Waals surface area contributed by atoms with Crippen LogP contribution in [0.4, 0.5) is 0 Å². The second-order valence-electron chi connectivity index (χ2n) is 7.40. The highest BCUT2D eigenvalue weighted by atomic mass is 16.6. The minimum absolute atomic E-state index is 0.0157. The van der Waals surface area contributed by atoms with Crippen molar-refractivity contribution in [2.75, 3.05) is 0 Å². The molecular weight excluding hydrogens is 478 g/mol. The van der Waals surface area contributed by atoms with E-state index in [1.165, 1.54) is 30.3 Å². The number of ether oxygens (including phenoxy) is 4. The average Bonchev–Trinajstić information content (AvgIpc) is 2.90. The number of benzene rings is 3. The summed E-state index contributed by atoms with van der Waals surface area (Å²) in [6.45, 7) is 8.49. The van der Waals surface area contributed by atoms with Crippen molar-refractivity contribution in [2.45, 2.75) is 6.92 Å². The first-order valence-corrected chi connectivity index (χ1v) is 10.7. The lowest BCUT2D eigenvalue weighted by atomic mass is 10.1. The first-order chi connectivity index (χ1) is 17.7. The van der Waals surface area contributed by atoms with Gasteiger partial charge in [0, 0.05) is 23.9 Å². The van der Waals surface area contributed by atoms with Crippen LogP contribution in [0.3, 0.4) is 0 Å². The highest BCUT2D eigenvalue weighted by Gasteiger charge is 2.18. The molecule has 3 rings (SSSR count). The number of aryl methyl sites for hydroxylation is 1. The summed E-state index contributed by atoms with van der Waals surface area (Å²) in [5.74, 6) is -3.27. The van der Waals surface area contributed by atoms with E-state index in [2.05, 4.69) is 13.2 Å². The van der Waals surface area contributed by atoms with Crippen molar-refractivity contribution >= 4 is 30.1 Å². The van der Waals surface area contributed by atoms with E-state index in [0.717, 1.165) is 30.0 Å². The second kappa shape index (κ2) is 11.9. The molecule has 0 bridgehead atoms. The van der Waals surface area contributed by atoms with Gasteiger partial charge in [0.2, 0.25) is 0 Å². The van der Waals surface area contributed by atoms with Crippen LogP contribution in [0.15, 0.2) is 86.0 Å². The maximum absolute atomic E-state index is 12.8.